The van der Waals surface area contributed by atoms with Gasteiger partial charge in [0.1, 0.15) is 0 Å². The van der Waals surface area contributed by atoms with Gasteiger partial charge in [-0.25, -0.2) is 0 Å². The standard InChI is InChI=1S/C7H4FO2/c8-7-9-5-3-1-2-4-6(5)10-7/h1-3,7H. The van der Waals surface area contributed by atoms with Gasteiger partial charge < -0.3 is 9.47 Å². The minimum Gasteiger partial charge on any atom is -0.425 e. The minimum absolute atomic E-state index is 0.343. The number of fused-ring (bicyclic) bond motifs is 1. The molecule has 0 spiro atoms. The Kier molecular flexibility index (Phi) is 1.03. The smallest absolute Gasteiger partial charge is 0.397 e. The van der Waals surface area contributed by atoms with Crippen LogP contribution < -0.4 is 9.47 Å². The van der Waals surface area contributed by atoms with Crippen molar-refractivity contribution in [3.8, 4) is 11.5 Å². The first-order chi connectivity index (χ1) is 4.86. The van der Waals surface area contributed by atoms with E-state index in [0.29, 0.717) is 11.5 Å². The molecule has 1 unspecified atom stereocenters. The summed E-state index contributed by atoms with van der Waals surface area (Å²) < 4.78 is 21.4. The van der Waals surface area contributed by atoms with E-state index in [-0.39, 0.29) is 0 Å². The molecule has 1 heterocycles. The van der Waals surface area contributed by atoms with Crippen LogP contribution in [0.1, 0.15) is 0 Å². The van der Waals surface area contributed by atoms with Crippen molar-refractivity contribution in [3.63, 3.8) is 0 Å². The molecule has 51 valence electrons. The molecule has 1 radical (unpaired) electrons. The van der Waals surface area contributed by atoms with Gasteiger partial charge in [0.25, 0.3) is 0 Å². The molecule has 10 heavy (non-hydrogen) atoms. The van der Waals surface area contributed by atoms with Gasteiger partial charge in [-0.15, -0.1) is 0 Å². The Morgan fingerprint density at radius 3 is 3.20 bits per heavy atom. The molecule has 2 rings (SSSR count). The van der Waals surface area contributed by atoms with E-state index in [1.807, 2.05) is 0 Å². The molecular formula is C7H4FO2. The van der Waals surface area contributed by atoms with E-state index in [4.69, 9.17) is 0 Å². The van der Waals surface area contributed by atoms with E-state index in [0.717, 1.165) is 0 Å². The van der Waals surface area contributed by atoms with Crippen molar-refractivity contribution < 1.29 is 13.9 Å². The van der Waals surface area contributed by atoms with Crippen molar-refractivity contribution in [2.75, 3.05) is 0 Å². The zero-order valence-electron chi connectivity index (χ0n) is 5.00. The predicted octanol–water partition coefficient (Wildman–Crippen LogP) is 1.51. The summed E-state index contributed by atoms with van der Waals surface area (Å²) >= 11 is 0. The first-order valence-corrected chi connectivity index (χ1v) is 2.84. The van der Waals surface area contributed by atoms with Gasteiger partial charge >= 0.3 is 6.54 Å². The SMILES string of the molecule is FC1Oc2[c]cccc2O1. The van der Waals surface area contributed by atoms with E-state index in [1.165, 1.54) is 0 Å². The summed E-state index contributed by atoms with van der Waals surface area (Å²) in [6.07, 6.45) is 0. The average molecular weight is 139 g/mol. The number of para-hydroxylation sites is 1. The van der Waals surface area contributed by atoms with Crippen LogP contribution in [0.25, 0.3) is 0 Å². The van der Waals surface area contributed by atoms with Crippen LogP contribution in [0, 0.1) is 6.07 Å². The molecule has 3 heteroatoms. The number of alkyl halides is 1. The molecule has 0 aliphatic carbocycles. The van der Waals surface area contributed by atoms with Gasteiger partial charge in [0.05, 0.1) is 0 Å². The molecule has 1 aromatic carbocycles. The zero-order valence-corrected chi connectivity index (χ0v) is 5.00. The van der Waals surface area contributed by atoms with E-state index < -0.39 is 6.54 Å². The lowest BCUT2D eigenvalue weighted by Crippen LogP contribution is -2.09. The lowest BCUT2D eigenvalue weighted by molar-refractivity contribution is -0.0652. The quantitative estimate of drug-likeness (QED) is 0.542. The topological polar surface area (TPSA) is 18.5 Å². The number of ether oxygens (including phenoxy) is 2. The fourth-order valence-corrected chi connectivity index (χ4v) is 0.808. The molecule has 1 aliphatic heterocycles. The number of benzene rings is 1. The predicted molar refractivity (Wildman–Crippen MR) is 31.4 cm³/mol. The van der Waals surface area contributed by atoms with Gasteiger partial charge in [-0.1, -0.05) is 12.1 Å². The van der Waals surface area contributed by atoms with E-state index in [9.17, 15) is 4.39 Å². The largest absolute Gasteiger partial charge is 0.425 e. The molecule has 2 nitrogen and oxygen atoms in total. The highest BCUT2D eigenvalue weighted by molar-refractivity contribution is 5.40. The lowest BCUT2D eigenvalue weighted by Gasteiger charge is -1.94. The zero-order chi connectivity index (χ0) is 6.97. The fourth-order valence-electron chi connectivity index (χ4n) is 0.808. The molecule has 0 bridgehead atoms. The molecule has 1 aromatic rings. The second-order valence-electron chi connectivity index (χ2n) is 1.87. The van der Waals surface area contributed by atoms with Crippen molar-refractivity contribution >= 4 is 0 Å². The van der Waals surface area contributed by atoms with Crippen molar-refractivity contribution in [1.82, 2.24) is 0 Å². The summed E-state index contributed by atoms with van der Waals surface area (Å²) in [5, 5.41) is 0. The van der Waals surface area contributed by atoms with Crippen molar-refractivity contribution in [1.29, 1.82) is 0 Å². The number of hydrogen-bond acceptors (Lipinski definition) is 2. The first-order valence-electron chi connectivity index (χ1n) is 2.84. The van der Waals surface area contributed by atoms with Crippen LogP contribution >= 0.6 is 0 Å². The van der Waals surface area contributed by atoms with Crippen LogP contribution in [-0.4, -0.2) is 6.54 Å². The Balaban J connectivity index is 2.42. The van der Waals surface area contributed by atoms with Crippen LogP contribution in [0.5, 0.6) is 11.5 Å². The monoisotopic (exact) mass is 139 g/mol. The maximum Gasteiger partial charge on any atom is 0.397 e. The maximum absolute atomic E-state index is 12.3. The Morgan fingerprint density at radius 2 is 2.40 bits per heavy atom. The summed E-state index contributed by atoms with van der Waals surface area (Å²) in [4.78, 5) is 0. The van der Waals surface area contributed by atoms with Crippen LogP contribution in [-0.2, 0) is 0 Å². The van der Waals surface area contributed by atoms with Gasteiger partial charge in [-0.3, -0.25) is 0 Å². The van der Waals surface area contributed by atoms with Gasteiger partial charge in [0.2, 0.25) is 0 Å². The second kappa shape index (κ2) is 1.87. The van der Waals surface area contributed by atoms with Gasteiger partial charge in [0.15, 0.2) is 11.5 Å². The maximum atomic E-state index is 12.3. The highest BCUT2D eigenvalue weighted by Gasteiger charge is 2.21. The number of halogens is 1. The Morgan fingerprint density at radius 1 is 1.50 bits per heavy atom. The summed E-state index contributed by atoms with van der Waals surface area (Å²) in [6.45, 7) is -1.66. The molecule has 1 aliphatic rings. The average Bonchev–Trinajstić information content (AvgIpc) is 2.27. The fraction of sp³-hybridized carbons (Fsp3) is 0.143. The van der Waals surface area contributed by atoms with Crippen LogP contribution in [0.2, 0.25) is 0 Å². The third-order valence-electron chi connectivity index (χ3n) is 1.21. The molecule has 0 saturated heterocycles. The van der Waals surface area contributed by atoms with Crippen molar-refractivity contribution in [2.45, 2.75) is 6.54 Å². The Bertz CT molecular complexity index is 224. The normalized spacial score (nSPS) is 15.7. The molecule has 0 N–H and O–H groups in total. The number of rotatable bonds is 0. The summed E-state index contributed by atoms with van der Waals surface area (Å²) in [7, 11) is 0. The summed E-state index contributed by atoms with van der Waals surface area (Å²) in [6, 6.07) is 7.67. The van der Waals surface area contributed by atoms with E-state index in [2.05, 4.69) is 15.5 Å². The number of hydrogen-bond donors (Lipinski definition) is 0. The molecule has 0 aromatic heterocycles. The van der Waals surface area contributed by atoms with Crippen molar-refractivity contribution in [2.24, 2.45) is 0 Å². The van der Waals surface area contributed by atoms with Gasteiger partial charge in [-0.05, 0) is 6.07 Å². The van der Waals surface area contributed by atoms with Crippen molar-refractivity contribution in [3.05, 3.63) is 24.3 Å². The van der Waals surface area contributed by atoms with Gasteiger partial charge in [0, 0.05) is 6.07 Å². The van der Waals surface area contributed by atoms with Crippen LogP contribution in [0.15, 0.2) is 18.2 Å². The van der Waals surface area contributed by atoms with Gasteiger partial charge in [-0.2, -0.15) is 4.39 Å². The molecule has 0 saturated carbocycles. The highest BCUT2D eigenvalue weighted by atomic mass is 19.2. The summed E-state index contributed by atoms with van der Waals surface area (Å²) in [5.41, 5.74) is 0. The first kappa shape index (κ1) is 5.53. The van der Waals surface area contributed by atoms with Crippen LogP contribution in [0.3, 0.4) is 0 Å². The summed E-state index contributed by atoms with van der Waals surface area (Å²) in [5.74, 6) is 0.755. The Hall–Kier alpha value is -1.25. The third-order valence-corrected chi connectivity index (χ3v) is 1.21. The molecular weight excluding hydrogens is 135 g/mol. The van der Waals surface area contributed by atoms with E-state index >= 15 is 0 Å². The second-order valence-corrected chi connectivity index (χ2v) is 1.87. The molecule has 0 amide bonds. The van der Waals surface area contributed by atoms with Crippen LogP contribution in [0.4, 0.5) is 4.39 Å². The van der Waals surface area contributed by atoms with E-state index in [1.54, 1.807) is 18.2 Å². The third kappa shape index (κ3) is 0.708. The minimum atomic E-state index is -1.66. The molecule has 0 fully saturated rings. The lowest BCUT2D eigenvalue weighted by atomic mass is 10.3. The Labute approximate surface area is 57.2 Å². The molecule has 1 atom stereocenters. The highest BCUT2D eigenvalue weighted by Crippen LogP contribution is 2.33.